The molecular weight excluding hydrogens is 608 g/mol. The van der Waals surface area contributed by atoms with E-state index in [-0.39, 0.29) is 50.0 Å². The minimum Gasteiger partial charge on any atom is -0.160 e. The molecule has 0 fully saturated rings. The average molecular weight is 627 g/mol. The van der Waals surface area contributed by atoms with Gasteiger partial charge in [-0.1, -0.05) is 37.8 Å². The predicted octanol–water partition coefficient (Wildman–Crippen LogP) is 10.5. The monoisotopic (exact) mass is 626 g/mol. The van der Waals surface area contributed by atoms with E-state index in [1.54, 1.807) is 18.2 Å². The van der Waals surface area contributed by atoms with Crippen molar-refractivity contribution < 1.29 is 39.5 Å². The molecule has 3 aromatic rings. The molecule has 0 saturated heterocycles. The molecule has 0 aliphatic heterocycles. The number of alkyl halides is 9. The second kappa shape index (κ2) is 9.15. The van der Waals surface area contributed by atoms with Gasteiger partial charge in [-0.05, 0) is 105 Å². The van der Waals surface area contributed by atoms with Crippen LogP contribution in [0.1, 0.15) is 39.3 Å². The molecule has 0 N–H and O–H groups in total. The van der Waals surface area contributed by atoms with Crippen LogP contribution in [0.25, 0.3) is 0 Å². The molecule has 3 aromatic carbocycles. The van der Waals surface area contributed by atoms with Gasteiger partial charge in [-0.15, -0.1) is 0 Å². The molecule has 0 atom stereocenters. The molecule has 0 heterocycles. The quantitative estimate of drug-likeness (QED) is 0.161. The lowest BCUT2D eigenvalue weighted by atomic mass is 9.60. The number of halogens is 9. The second-order valence-electron chi connectivity index (χ2n) is 10.3. The zero-order valence-corrected chi connectivity index (χ0v) is 23.8. The van der Waals surface area contributed by atoms with Gasteiger partial charge < -0.3 is 0 Å². The van der Waals surface area contributed by atoms with Gasteiger partial charge in [0.05, 0.1) is 8.07 Å². The van der Waals surface area contributed by atoms with Crippen molar-refractivity contribution in [2.45, 2.75) is 61.8 Å². The molecule has 3 aliphatic carbocycles. The van der Waals surface area contributed by atoms with E-state index in [4.69, 9.17) is 0 Å². The lowest BCUT2D eigenvalue weighted by molar-refractivity contribution is -0.0337. The molecule has 0 amide bonds. The Hall–Kier alpha value is -1.70. The van der Waals surface area contributed by atoms with Crippen LogP contribution in [-0.2, 0) is 5.04 Å². The van der Waals surface area contributed by atoms with Crippen LogP contribution in [0.3, 0.4) is 0 Å². The summed E-state index contributed by atoms with van der Waals surface area (Å²) in [5, 5.41) is -1.19. The van der Waals surface area contributed by atoms with E-state index in [2.05, 4.69) is 0 Å². The fraction of sp³-hybridized carbons (Fsp3) is 0.308. The van der Waals surface area contributed by atoms with Crippen LogP contribution in [0.4, 0.5) is 39.5 Å². The van der Waals surface area contributed by atoms with Crippen molar-refractivity contribution in [3.05, 3.63) is 88.0 Å². The van der Waals surface area contributed by atoms with Crippen LogP contribution in [0.15, 0.2) is 69.3 Å². The van der Waals surface area contributed by atoms with Gasteiger partial charge in [0.15, 0.2) is 0 Å². The lowest BCUT2D eigenvalue weighted by Crippen LogP contribution is -2.57. The molecule has 0 nitrogen and oxygen atoms in total. The number of hydrogen-bond donors (Lipinski definition) is 0. The molecule has 0 aromatic heterocycles. The Morgan fingerprint density at radius 1 is 0.538 bits per heavy atom. The molecule has 208 valence electrons. The van der Waals surface area contributed by atoms with Crippen LogP contribution in [-0.4, -0.2) is 24.6 Å². The van der Waals surface area contributed by atoms with E-state index >= 15 is 0 Å². The Labute approximate surface area is 232 Å². The minimum atomic E-state index is -4.57. The summed E-state index contributed by atoms with van der Waals surface area (Å²) in [7, 11) is -2.74. The highest BCUT2D eigenvalue weighted by Crippen LogP contribution is 2.64. The Morgan fingerprint density at radius 2 is 0.821 bits per heavy atom. The Bertz CT molecular complexity index is 1290. The summed E-state index contributed by atoms with van der Waals surface area (Å²) in [5.74, 6) is -0.539. The average Bonchev–Trinajstić information content (AvgIpc) is 2.74. The molecular formula is C26H19F9S3Si. The fourth-order valence-electron chi connectivity index (χ4n) is 6.08. The Kier molecular flexibility index (Phi) is 6.76. The Balaban J connectivity index is 1.85. The lowest BCUT2D eigenvalue weighted by Gasteiger charge is -2.56. The second-order valence-corrected chi connectivity index (χ2v) is 19.0. The SMILES string of the molecule is C[Si](C)(C)C12c3cc(SC(F)(F)F)ccc3C(c3ccc(SC(F)(F)F)cc31)c1ccc(SC(F)(F)F)cc12. The van der Waals surface area contributed by atoms with Crippen molar-refractivity contribution in [3.63, 3.8) is 0 Å². The summed E-state index contributed by atoms with van der Waals surface area (Å²) < 4.78 is 120. The smallest absolute Gasteiger partial charge is 0.160 e. The number of benzene rings is 3. The van der Waals surface area contributed by atoms with Crippen LogP contribution in [0.2, 0.25) is 19.6 Å². The van der Waals surface area contributed by atoms with Crippen molar-refractivity contribution in [3.8, 4) is 0 Å². The minimum absolute atomic E-state index is 0.0869. The molecule has 0 unspecified atom stereocenters. The topological polar surface area (TPSA) is 0 Å². The zero-order valence-electron chi connectivity index (χ0n) is 20.4. The summed E-state index contributed by atoms with van der Waals surface area (Å²) >= 11 is -0.886. The number of rotatable bonds is 4. The van der Waals surface area contributed by atoms with Gasteiger partial charge in [-0.2, -0.15) is 39.5 Å². The van der Waals surface area contributed by atoms with Gasteiger partial charge in [0, 0.05) is 25.6 Å². The first-order valence-corrected chi connectivity index (χ1v) is 17.5. The Morgan fingerprint density at radius 3 is 1.05 bits per heavy atom. The van der Waals surface area contributed by atoms with E-state index in [1.165, 1.54) is 36.4 Å². The molecule has 0 radical (unpaired) electrons. The van der Waals surface area contributed by atoms with Gasteiger partial charge in [0.1, 0.15) is 0 Å². The summed E-state index contributed by atoms with van der Waals surface area (Å²) in [6, 6.07) is 13.3. The molecule has 0 saturated carbocycles. The van der Waals surface area contributed by atoms with Crippen molar-refractivity contribution in [1.29, 1.82) is 0 Å². The van der Waals surface area contributed by atoms with E-state index in [9.17, 15) is 39.5 Å². The molecule has 39 heavy (non-hydrogen) atoms. The zero-order chi connectivity index (χ0) is 28.8. The first-order valence-electron chi connectivity index (χ1n) is 11.5. The molecule has 13 heteroatoms. The largest absolute Gasteiger partial charge is 0.446 e. The van der Waals surface area contributed by atoms with Gasteiger partial charge in [-0.25, -0.2) is 0 Å². The standard InChI is InChI=1S/C26H19F9S3Si/c1-39(2,3)23-19-10-13(36-24(27,28)29)4-7-16(19)22(17-8-5-14(11-20(17)23)37-25(30,31)32)18-9-6-15(12-21(18)23)38-26(33,34)35/h4-12,22H,1-3H3. The van der Waals surface area contributed by atoms with Crippen molar-refractivity contribution in [2.24, 2.45) is 0 Å². The van der Waals surface area contributed by atoms with Gasteiger partial charge >= 0.3 is 16.5 Å². The predicted molar refractivity (Wildman–Crippen MR) is 139 cm³/mol. The van der Waals surface area contributed by atoms with Crippen LogP contribution in [0, 0.1) is 0 Å². The van der Waals surface area contributed by atoms with Crippen LogP contribution >= 0.6 is 35.3 Å². The summed E-state index contributed by atoms with van der Waals surface area (Å²) in [6.07, 6.45) is 0. The van der Waals surface area contributed by atoms with E-state index < -0.39 is 35.6 Å². The molecule has 2 bridgehead atoms. The van der Waals surface area contributed by atoms with E-state index in [0.717, 1.165) is 16.7 Å². The summed E-state index contributed by atoms with van der Waals surface area (Å²) in [6.45, 7) is 5.81. The number of hydrogen-bond acceptors (Lipinski definition) is 3. The summed E-state index contributed by atoms with van der Waals surface area (Å²) in [5.41, 5.74) is -10.0. The van der Waals surface area contributed by atoms with Crippen molar-refractivity contribution in [2.75, 3.05) is 0 Å². The van der Waals surface area contributed by atoms with E-state index in [1.807, 2.05) is 19.6 Å². The third-order valence-electron chi connectivity index (χ3n) is 7.05. The highest BCUT2D eigenvalue weighted by molar-refractivity contribution is 8.00. The maximum atomic E-state index is 13.3. The fourth-order valence-corrected chi connectivity index (χ4v) is 10.9. The third-order valence-corrected chi connectivity index (χ3v) is 12.3. The normalized spacial score (nSPS) is 20.5. The number of thioether (sulfide) groups is 3. The van der Waals surface area contributed by atoms with Crippen LogP contribution < -0.4 is 0 Å². The van der Waals surface area contributed by atoms with Gasteiger partial charge in [-0.3, -0.25) is 0 Å². The molecule has 0 spiro atoms. The first-order chi connectivity index (χ1) is 17.8. The van der Waals surface area contributed by atoms with Crippen molar-refractivity contribution in [1.82, 2.24) is 0 Å². The van der Waals surface area contributed by atoms with Gasteiger partial charge in [0.2, 0.25) is 0 Å². The third kappa shape index (κ3) is 5.12. The highest BCUT2D eigenvalue weighted by atomic mass is 32.2. The van der Waals surface area contributed by atoms with E-state index in [0.29, 0.717) is 16.7 Å². The molecule has 3 aliphatic rings. The van der Waals surface area contributed by atoms with Gasteiger partial charge in [0.25, 0.3) is 0 Å². The maximum absolute atomic E-state index is 13.3. The van der Waals surface area contributed by atoms with Crippen molar-refractivity contribution >= 4 is 43.4 Å². The first kappa shape index (κ1) is 28.8. The van der Waals surface area contributed by atoms with Crippen LogP contribution in [0.5, 0.6) is 0 Å². The molecule has 6 rings (SSSR count). The highest BCUT2D eigenvalue weighted by Gasteiger charge is 2.58. The summed E-state index contributed by atoms with van der Waals surface area (Å²) in [4.78, 5) is -0.261. The maximum Gasteiger partial charge on any atom is 0.446 e.